The Morgan fingerprint density at radius 3 is 2.47 bits per heavy atom. The summed E-state index contributed by atoms with van der Waals surface area (Å²) in [6.07, 6.45) is 2.03. The second-order valence-corrected chi connectivity index (χ2v) is 5.92. The molecule has 0 aromatic heterocycles. The van der Waals surface area contributed by atoms with Gasteiger partial charge in [-0.2, -0.15) is 0 Å². The van der Waals surface area contributed by atoms with Crippen molar-refractivity contribution in [2.24, 2.45) is 5.41 Å². The lowest BCUT2D eigenvalue weighted by Gasteiger charge is -2.22. The highest BCUT2D eigenvalue weighted by molar-refractivity contribution is 5.82. The van der Waals surface area contributed by atoms with Gasteiger partial charge in [0.05, 0.1) is 6.42 Å². The van der Waals surface area contributed by atoms with Crippen molar-refractivity contribution < 1.29 is 9.90 Å². The Bertz CT molecular complexity index is 585. The normalized spacial score (nSPS) is 11.7. The number of hydrogen-bond acceptors (Lipinski definition) is 1. The molecule has 0 unspecified atom stereocenters. The summed E-state index contributed by atoms with van der Waals surface area (Å²) in [6, 6.07) is 14.8. The Hall–Kier alpha value is -1.83. The number of carboxylic acid groups (broad SMARTS) is 1. The van der Waals surface area contributed by atoms with Crippen molar-refractivity contribution in [3.05, 3.63) is 48.0 Å². The monoisotopic (exact) mass is 256 g/mol. The molecule has 0 aliphatic rings. The second kappa shape index (κ2) is 5.43. The van der Waals surface area contributed by atoms with E-state index in [0.29, 0.717) is 0 Å². The lowest BCUT2D eigenvalue weighted by atomic mass is 9.83. The molecule has 2 heteroatoms. The maximum Gasteiger partial charge on any atom is 0.303 e. The summed E-state index contributed by atoms with van der Waals surface area (Å²) in [7, 11) is 0. The fourth-order valence-electron chi connectivity index (χ4n) is 2.37. The second-order valence-electron chi connectivity index (χ2n) is 5.92. The molecule has 2 nitrogen and oxygen atoms in total. The van der Waals surface area contributed by atoms with Crippen LogP contribution in [0.5, 0.6) is 0 Å². The zero-order valence-electron chi connectivity index (χ0n) is 11.5. The fraction of sp³-hybridized carbons (Fsp3) is 0.353. The van der Waals surface area contributed by atoms with Gasteiger partial charge in [-0.1, -0.05) is 56.3 Å². The zero-order chi connectivity index (χ0) is 13.9. The van der Waals surface area contributed by atoms with E-state index in [1.807, 2.05) is 26.0 Å². The van der Waals surface area contributed by atoms with Crippen LogP contribution in [0.25, 0.3) is 10.8 Å². The molecular formula is C17H20O2. The van der Waals surface area contributed by atoms with Gasteiger partial charge in [0.2, 0.25) is 0 Å². The molecule has 0 aliphatic carbocycles. The Morgan fingerprint density at radius 2 is 1.79 bits per heavy atom. The maximum absolute atomic E-state index is 10.8. The highest BCUT2D eigenvalue weighted by atomic mass is 16.4. The third kappa shape index (κ3) is 3.82. The first-order valence-corrected chi connectivity index (χ1v) is 6.66. The molecule has 0 saturated carbocycles. The van der Waals surface area contributed by atoms with E-state index in [9.17, 15) is 4.79 Å². The van der Waals surface area contributed by atoms with Gasteiger partial charge >= 0.3 is 5.97 Å². The molecule has 0 radical (unpaired) electrons. The van der Waals surface area contributed by atoms with Crippen LogP contribution in [-0.2, 0) is 11.2 Å². The minimum Gasteiger partial charge on any atom is -0.481 e. The minimum absolute atomic E-state index is 0.155. The standard InChI is InChI=1S/C17H20O2/c1-17(2,12-16(18)19)10-9-13-7-8-14-5-3-4-6-15(14)11-13/h3-8,11H,9-10,12H2,1-2H3,(H,18,19). The molecule has 0 aliphatic heterocycles. The van der Waals surface area contributed by atoms with Crippen molar-refractivity contribution in [3.8, 4) is 0 Å². The van der Waals surface area contributed by atoms with Crippen LogP contribution < -0.4 is 0 Å². The summed E-state index contributed by atoms with van der Waals surface area (Å²) in [5.41, 5.74) is 1.12. The smallest absolute Gasteiger partial charge is 0.303 e. The molecule has 2 rings (SSSR count). The van der Waals surface area contributed by atoms with E-state index in [1.165, 1.54) is 16.3 Å². The van der Waals surface area contributed by atoms with Crippen molar-refractivity contribution in [2.75, 3.05) is 0 Å². The van der Waals surface area contributed by atoms with Gasteiger partial charge in [0, 0.05) is 0 Å². The summed E-state index contributed by atoms with van der Waals surface area (Å²) in [5.74, 6) is -0.719. The Morgan fingerprint density at radius 1 is 1.11 bits per heavy atom. The van der Waals surface area contributed by atoms with Crippen LogP contribution in [-0.4, -0.2) is 11.1 Å². The van der Waals surface area contributed by atoms with E-state index in [2.05, 4.69) is 30.3 Å². The van der Waals surface area contributed by atoms with E-state index in [1.54, 1.807) is 0 Å². The van der Waals surface area contributed by atoms with Gasteiger partial charge in [0.1, 0.15) is 0 Å². The molecule has 100 valence electrons. The number of carboxylic acids is 1. The molecule has 2 aromatic carbocycles. The van der Waals surface area contributed by atoms with Crippen LogP contribution in [0.15, 0.2) is 42.5 Å². The average molecular weight is 256 g/mol. The number of aryl methyl sites for hydroxylation is 1. The molecule has 0 saturated heterocycles. The first-order valence-electron chi connectivity index (χ1n) is 6.66. The van der Waals surface area contributed by atoms with Crippen molar-refractivity contribution in [1.29, 1.82) is 0 Å². The van der Waals surface area contributed by atoms with Crippen LogP contribution in [0.2, 0.25) is 0 Å². The molecule has 0 amide bonds. The SMILES string of the molecule is CC(C)(CCc1ccc2ccccc2c1)CC(=O)O. The third-order valence-corrected chi connectivity index (χ3v) is 3.53. The van der Waals surface area contributed by atoms with Crippen LogP contribution in [0, 0.1) is 5.41 Å². The lowest BCUT2D eigenvalue weighted by Crippen LogP contribution is -2.17. The predicted octanol–water partition coefficient (Wildman–Crippen LogP) is 4.27. The largest absolute Gasteiger partial charge is 0.481 e. The van der Waals surface area contributed by atoms with Crippen molar-refractivity contribution in [1.82, 2.24) is 0 Å². The number of hydrogen-bond donors (Lipinski definition) is 1. The molecule has 2 aromatic rings. The van der Waals surface area contributed by atoms with Crippen LogP contribution in [0.1, 0.15) is 32.3 Å². The molecular weight excluding hydrogens is 236 g/mol. The Kier molecular flexibility index (Phi) is 3.89. The Labute approximate surface area is 114 Å². The molecule has 0 bridgehead atoms. The van der Waals surface area contributed by atoms with Gasteiger partial charge in [-0.05, 0) is 34.6 Å². The topological polar surface area (TPSA) is 37.3 Å². The lowest BCUT2D eigenvalue weighted by molar-refractivity contribution is -0.139. The van der Waals surface area contributed by atoms with Gasteiger partial charge in [-0.15, -0.1) is 0 Å². The van der Waals surface area contributed by atoms with Crippen LogP contribution in [0.4, 0.5) is 0 Å². The summed E-state index contributed by atoms with van der Waals surface area (Å²) in [6.45, 7) is 4.03. The maximum atomic E-state index is 10.8. The van der Waals surface area contributed by atoms with Gasteiger partial charge < -0.3 is 5.11 Å². The molecule has 19 heavy (non-hydrogen) atoms. The van der Waals surface area contributed by atoms with Gasteiger partial charge in [0.25, 0.3) is 0 Å². The van der Waals surface area contributed by atoms with Gasteiger partial charge in [-0.25, -0.2) is 0 Å². The van der Waals surface area contributed by atoms with Gasteiger partial charge in [0.15, 0.2) is 0 Å². The first kappa shape index (κ1) is 13.6. The van der Waals surface area contributed by atoms with Gasteiger partial charge in [-0.3, -0.25) is 4.79 Å². The molecule has 0 fully saturated rings. The van der Waals surface area contributed by atoms with E-state index >= 15 is 0 Å². The number of aliphatic carboxylic acids is 1. The van der Waals surface area contributed by atoms with Crippen LogP contribution in [0.3, 0.4) is 0 Å². The number of benzene rings is 2. The summed E-state index contributed by atoms with van der Waals surface area (Å²) < 4.78 is 0. The predicted molar refractivity (Wildman–Crippen MR) is 78.3 cm³/mol. The summed E-state index contributed by atoms with van der Waals surface area (Å²) in [5, 5.41) is 11.4. The van der Waals surface area contributed by atoms with E-state index in [0.717, 1.165) is 12.8 Å². The van der Waals surface area contributed by atoms with Crippen LogP contribution >= 0.6 is 0 Å². The summed E-state index contributed by atoms with van der Waals surface area (Å²) >= 11 is 0. The number of carbonyl (C=O) groups is 1. The Balaban J connectivity index is 2.07. The van der Waals surface area contributed by atoms with Crippen molar-refractivity contribution >= 4 is 16.7 Å². The number of fused-ring (bicyclic) bond motifs is 1. The average Bonchev–Trinajstić information content (AvgIpc) is 2.35. The van der Waals surface area contributed by atoms with Crippen molar-refractivity contribution in [2.45, 2.75) is 33.1 Å². The zero-order valence-corrected chi connectivity index (χ0v) is 11.5. The van der Waals surface area contributed by atoms with E-state index in [-0.39, 0.29) is 11.8 Å². The molecule has 1 N–H and O–H groups in total. The fourth-order valence-corrected chi connectivity index (χ4v) is 2.37. The molecule has 0 atom stereocenters. The third-order valence-electron chi connectivity index (χ3n) is 3.53. The molecule has 0 heterocycles. The van der Waals surface area contributed by atoms with E-state index < -0.39 is 5.97 Å². The van der Waals surface area contributed by atoms with Crippen molar-refractivity contribution in [3.63, 3.8) is 0 Å². The first-order chi connectivity index (χ1) is 8.96. The highest BCUT2D eigenvalue weighted by Crippen LogP contribution is 2.27. The minimum atomic E-state index is -0.719. The highest BCUT2D eigenvalue weighted by Gasteiger charge is 2.21. The van der Waals surface area contributed by atoms with E-state index in [4.69, 9.17) is 5.11 Å². The quantitative estimate of drug-likeness (QED) is 0.867. The number of rotatable bonds is 5. The molecule has 0 spiro atoms. The summed E-state index contributed by atoms with van der Waals surface area (Å²) in [4.78, 5) is 10.8.